The average molecular weight is 1460 g/mol. The second-order valence-electron chi connectivity index (χ2n) is 28.1. The molecular weight excluding hydrogens is 1310 g/mol. The maximum atomic E-state index is 13.5. The molecule has 3 heterocycles. The van der Waals surface area contributed by atoms with E-state index in [0.29, 0.717) is 12.8 Å². The van der Waals surface area contributed by atoms with Crippen LogP contribution in [0.4, 0.5) is 0 Å². The predicted octanol–water partition coefficient (Wildman–Crippen LogP) is 13.5. The maximum absolute atomic E-state index is 13.5. The van der Waals surface area contributed by atoms with E-state index in [1.165, 1.54) is 122 Å². The topological polar surface area (TPSA) is 307 Å². The first-order chi connectivity index (χ1) is 50.3. The minimum atomic E-state index is -1.99. The van der Waals surface area contributed by atoms with E-state index in [0.717, 1.165) is 116 Å². The molecule has 3 fully saturated rings. The summed E-state index contributed by atoms with van der Waals surface area (Å²) < 4.78 is 34.4. The Balaban J connectivity index is 1.40. The van der Waals surface area contributed by atoms with Crippen molar-refractivity contribution in [2.75, 3.05) is 26.4 Å². The van der Waals surface area contributed by atoms with Gasteiger partial charge in [-0.3, -0.25) is 4.79 Å². The second kappa shape index (κ2) is 63.2. The minimum Gasteiger partial charge on any atom is -0.394 e. The standard InChI is InChI=1S/C84H143NO18/c1-3-5-7-9-11-13-15-17-19-21-23-25-27-29-30-31-32-33-34-35-36-38-40-42-44-46-48-50-52-54-56-58-60-62-72(90)85-67(68(89)61-59-57-55-53-51-49-47-45-43-41-39-37-28-26-24-22-20-18-16-14-12-10-8-6-4-2)66-98-82-78(96)75(93)80(70(64-87)100-82)103-84-79(97)76(94)81(71(65-88)101-84)102-83-77(95)74(92)73(91)69(63-86)99-83/h5,7,11,13,17,19,23,25,29-30,32-33,35-36,40,42,51,53,59,61,67-71,73-84,86-89,91-97H,3-4,6,8-10,12,14-16,18,20-22,24,26-28,31,34,37-39,41,43-50,52,54-58,60,62-66H2,1-2H3,(H,85,90)/b7-5-,13-11-,19-17-,25-23-,30-29-,33-32-,36-35-,42-40-,53-51+,61-59+. The molecule has 17 unspecified atom stereocenters. The molecule has 19 nitrogen and oxygen atoms in total. The third-order valence-electron chi connectivity index (χ3n) is 19.2. The van der Waals surface area contributed by atoms with Gasteiger partial charge in [0.25, 0.3) is 0 Å². The molecule has 0 spiro atoms. The normalized spacial score (nSPS) is 26.7. The van der Waals surface area contributed by atoms with Crippen LogP contribution < -0.4 is 5.32 Å². The largest absolute Gasteiger partial charge is 0.394 e. The number of carbonyl (C=O) groups is 1. The van der Waals surface area contributed by atoms with E-state index < -0.39 is 124 Å². The van der Waals surface area contributed by atoms with Crippen LogP contribution in [-0.2, 0) is 33.2 Å². The van der Waals surface area contributed by atoms with Crippen molar-refractivity contribution >= 4 is 5.91 Å². The summed E-state index contributed by atoms with van der Waals surface area (Å²) in [5.74, 6) is -0.297. The number of aliphatic hydroxyl groups is 11. The fraction of sp³-hybridized carbons (Fsp3) is 0.750. The van der Waals surface area contributed by atoms with E-state index >= 15 is 0 Å². The Hall–Kier alpha value is -3.81. The number of carbonyl (C=O) groups excluding carboxylic acids is 1. The second-order valence-corrected chi connectivity index (χ2v) is 28.1. The van der Waals surface area contributed by atoms with Gasteiger partial charge in [0.15, 0.2) is 18.9 Å². The van der Waals surface area contributed by atoms with Crippen molar-refractivity contribution in [3.63, 3.8) is 0 Å². The molecule has 3 saturated heterocycles. The fourth-order valence-electron chi connectivity index (χ4n) is 12.8. The van der Waals surface area contributed by atoms with Crippen molar-refractivity contribution < 1.29 is 89.4 Å². The number of rotatable bonds is 62. The molecule has 0 aromatic rings. The lowest BCUT2D eigenvalue weighted by Crippen LogP contribution is -2.66. The van der Waals surface area contributed by atoms with Gasteiger partial charge in [-0.1, -0.05) is 289 Å². The van der Waals surface area contributed by atoms with Gasteiger partial charge in [-0.2, -0.15) is 0 Å². The van der Waals surface area contributed by atoms with E-state index in [1.807, 2.05) is 6.08 Å². The molecule has 0 aliphatic carbocycles. The van der Waals surface area contributed by atoms with Crippen molar-refractivity contribution in [2.24, 2.45) is 0 Å². The number of allylic oxidation sites excluding steroid dienone is 19. The maximum Gasteiger partial charge on any atom is 0.220 e. The zero-order valence-electron chi connectivity index (χ0n) is 63.3. The van der Waals surface area contributed by atoms with Gasteiger partial charge in [-0.05, 0) is 96.3 Å². The number of hydrogen-bond acceptors (Lipinski definition) is 18. The molecule has 17 atom stereocenters. The summed E-state index contributed by atoms with van der Waals surface area (Å²) >= 11 is 0. The highest BCUT2D eigenvalue weighted by atomic mass is 16.8. The Morgan fingerprint density at radius 2 is 0.680 bits per heavy atom. The third-order valence-corrected chi connectivity index (χ3v) is 19.2. The number of nitrogens with one attached hydrogen (secondary N) is 1. The molecule has 3 aliphatic heterocycles. The lowest BCUT2D eigenvalue weighted by Gasteiger charge is -2.48. The molecule has 3 aliphatic rings. The molecule has 3 rings (SSSR count). The summed E-state index contributed by atoms with van der Waals surface area (Å²) in [7, 11) is 0. The molecule has 592 valence electrons. The van der Waals surface area contributed by atoms with Gasteiger partial charge in [0, 0.05) is 6.42 Å². The first-order valence-electron chi connectivity index (χ1n) is 40.3. The van der Waals surface area contributed by atoms with Gasteiger partial charge < -0.3 is 89.9 Å². The zero-order chi connectivity index (χ0) is 74.6. The van der Waals surface area contributed by atoms with Gasteiger partial charge in [0.1, 0.15) is 73.2 Å². The highest BCUT2D eigenvalue weighted by Crippen LogP contribution is 2.33. The van der Waals surface area contributed by atoms with Crippen molar-refractivity contribution in [3.8, 4) is 0 Å². The molecule has 12 N–H and O–H groups in total. The van der Waals surface area contributed by atoms with Crippen LogP contribution in [0.3, 0.4) is 0 Å². The summed E-state index contributed by atoms with van der Waals surface area (Å²) in [6, 6.07) is -1.01. The van der Waals surface area contributed by atoms with Crippen LogP contribution >= 0.6 is 0 Å². The van der Waals surface area contributed by atoms with Gasteiger partial charge in [0.2, 0.25) is 5.91 Å². The Labute approximate surface area is 620 Å². The summed E-state index contributed by atoms with van der Waals surface area (Å²) in [6.45, 7) is 1.61. The van der Waals surface area contributed by atoms with Gasteiger partial charge in [0.05, 0.1) is 38.6 Å². The summed E-state index contributed by atoms with van der Waals surface area (Å²) in [5.41, 5.74) is 0. The number of ether oxygens (including phenoxy) is 6. The first kappa shape index (κ1) is 93.4. The van der Waals surface area contributed by atoms with Gasteiger partial charge in [-0.25, -0.2) is 0 Å². The molecule has 0 aromatic carbocycles. The van der Waals surface area contributed by atoms with Crippen LogP contribution in [0.2, 0.25) is 0 Å². The van der Waals surface area contributed by atoms with E-state index in [-0.39, 0.29) is 18.9 Å². The Kier molecular flexibility index (Phi) is 57.3. The smallest absolute Gasteiger partial charge is 0.220 e. The molecule has 0 radical (unpaired) electrons. The molecule has 103 heavy (non-hydrogen) atoms. The number of amides is 1. The number of hydrogen-bond donors (Lipinski definition) is 12. The summed E-state index contributed by atoms with van der Waals surface area (Å²) in [6.07, 6.45) is 61.7. The van der Waals surface area contributed by atoms with E-state index in [9.17, 15) is 61.0 Å². The van der Waals surface area contributed by atoms with Crippen molar-refractivity contribution in [1.82, 2.24) is 5.32 Å². The Morgan fingerprint density at radius 3 is 1.09 bits per heavy atom. The molecule has 0 aromatic heterocycles. The van der Waals surface area contributed by atoms with Crippen LogP contribution in [0.1, 0.15) is 271 Å². The van der Waals surface area contributed by atoms with Crippen LogP contribution in [0.25, 0.3) is 0 Å². The van der Waals surface area contributed by atoms with Gasteiger partial charge >= 0.3 is 0 Å². The van der Waals surface area contributed by atoms with E-state index in [1.54, 1.807) is 6.08 Å². The van der Waals surface area contributed by atoms with Crippen LogP contribution in [0, 0.1) is 0 Å². The molecule has 0 saturated carbocycles. The minimum absolute atomic E-state index is 0.218. The highest BCUT2D eigenvalue weighted by molar-refractivity contribution is 5.76. The Bertz CT molecular complexity index is 2330. The molecular formula is C84H143NO18. The lowest BCUT2D eigenvalue weighted by molar-refractivity contribution is -0.379. The van der Waals surface area contributed by atoms with Crippen LogP contribution in [0.5, 0.6) is 0 Å². The lowest BCUT2D eigenvalue weighted by atomic mass is 9.96. The van der Waals surface area contributed by atoms with E-state index in [4.69, 9.17) is 28.4 Å². The van der Waals surface area contributed by atoms with Crippen molar-refractivity contribution in [3.05, 3.63) is 122 Å². The van der Waals surface area contributed by atoms with Gasteiger partial charge in [-0.15, -0.1) is 0 Å². The Morgan fingerprint density at radius 1 is 0.359 bits per heavy atom. The third kappa shape index (κ3) is 43.1. The van der Waals surface area contributed by atoms with Crippen molar-refractivity contribution in [2.45, 2.75) is 375 Å². The number of unbranched alkanes of at least 4 members (excludes halogenated alkanes) is 28. The molecule has 1 amide bonds. The van der Waals surface area contributed by atoms with E-state index in [2.05, 4.69) is 129 Å². The number of aliphatic hydroxyl groups excluding tert-OH is 11. The first-order valence-corrected chi connectivity index (χ1v) is 40.3. The fourth-order valence-corrected chi connectivity index (χ4v) is 12.8. The van der Waals surface area contributed by atoms with Crippen molar-refractivity contribution in [1.29, 1.82) is 0 Å². The average Bonchev–Trinajstić information content (AvgIpc) is 0.781. The zero-order valence-corrected chi connectivity index (χ0v) is 63.3. The monoisotopic (exact) mass is 1450 g/mol. The summed E-state index contributed by atoms with van der Waals surface area (Å²) in [4.78, 5) is 13.5. The van der Waals surface area contributed by atoms with Crippen LogP contribution in [0.15, 0.2) is 122 Å². The SMILES string of the molecule is CC/C=C\C/C=C\C/C=C\C/C=C\C/C=C\C/C=C\C/C=C\C/C=C\CCCCCCCCCCC(=O)NC(COC1OC(CO)C(OC2OC(CO)C(OC3OC(CO)C(O)C(O)C3O)C(O)C2O)C(O)C1O)C(O)/C=C/CC/C=C/CCCCCCCCCCCCCCCCCCCCC. The van der Waals surface area contributed by atoms with Crippen LogP contribution in [-0.4, -0.2) is 193 Å². The predicted molar refractivity (Wildman–Crippen MR) is 410 cm³/mol. The molecule has 19 heteroatoms. The molecule has 0 bridgehead atoms. The highest BCUT2D eigenvalue weighted by Gasteiger charge is 2.54. The summed E-state index contributed by atoms with van der Waals surface area (Å²) in [5, 5.41) is 121. The quantitative estimate of drug-likeness (QED) is 0.0199.